The van der Waals surface area contributed by atoms with Crippen molar-refractivity contribution in [2.45, 2.75) is 13.2 Å². The number of carbonyl (C=O) groups is 1. The lowest BCUT2D eigenvalue weighted by molar-refractivity contribution is 0.0424. The maximum Gasteiger partial charge on any atom is 0.374 e. The molecule has 0 spiro atoms. The molecule has 0 atom stereocenters. The van der Waals surface area contributed by atoms with E-state index >= 15 is 0 Å². The summed E-state index contributed by atoms with van der Waals surface area (Å²) in [5.41, 5.74) is -0.656. The molecule has 0 aromatic carbocycles. The summed E-state index contributed by atoms with van der Waals surface area (Å²) in [6.07, 6.45) is 3.42. The summed E-state index contributed by atoms with van der Waals surface area (Å²) in [5.74, 6) is -0.0903. The zero-order chi connectivity index (χ0) is 18.0. The third-order valence-corrected chi connectivity index (χ3v) is 3.72. The van der Waals surface area contributed by atoms with Gasteiger partial charge in [-0.25, -0.2) is 9.59 Å². The van der Waals surface area contributed by atoms with Gasteiger partial charge in [-0.1, -0.05) is 0 Å². The van der Waals surface area contributed by atoms with Crippen LogP contribution in [-0.2, 0) is 32.0 Å². The Morgan fingerprint density at radius 2 is 2.04 bits per heavy atom. The first-order valence-electron chi connectivity index (χ1n) is 7.45. The lowest BCUT2D eigenvalue weighted by Gasteiger charge is -2.09. The zero-order valence-electron chi connectivity index (χ0n) is 13.7. The van der Waals surface area contributed by atoms with Gasteiger partial charge in [0.25, 0.3) is 5.56 Å². The van der Waals surface area contributed by atoms with E-state index in [1.807, 2.05) is 0 Å². The summed E-state index contributed by atoms with van der Waals surface area (Å²) in [5, 5.41) is 4.05. The molecule has 0 amide bonds. The fourth-order valence-electron chi connectivity index (χ4n) is 2.25. The molecule has 3 heterocycles. The van der Waals surface area contributed by atoms with E-state index < -0.39 is 17.2 Å². The van der Waals surface area contributed by atoms with Crippen molar-refractivity contribution in [1.29, 1.82) is 0 Å². The first kappa shape index (κ1) is 16.5. The lowest BCUT2D eigenvalue weighted by atomic mass is 10.4. The van der Waals surface area contributed by atoms with E-state index in [1.54, 1.807) is 29.2 Å². The van der Waals surface area contributed by atoms with Crippen molar-refractivity contribution in [1.82, 2.24) is 18.9 Å². The number of hydrogen-bond acceptors (Lipinski definition) is 6. The molecule has 0 bridgehead atoms. The Labute approximate surface area is 141 Å². The van der Waals surface area contributed by atoms with Crippen molar-refractivity contribution in [2.75, 3.05) is 0 Å². The summed E-state index contributed by atoms with van der Waals surface area (Å²) in [4.78, 5) is 35.6. The van der Waals surface area contributed by atoms with E-state index in [0.717, 1.165) is 4.57 Å². The van der Waals surface area contributed by atoms with Gasteiger partial charge in [0.15, 0.2) is 0 Å². The topological polar surface area (TPSA) is 101 Å². The van der Waals surface area contributed by atoms with Crippen LogP contribution >= 0.6 is 0 Å². The molecular weight excluding hydrogens is 328 g/mol. The summed E-state index contributed by atoms with van der Waals surface area (Å²) < 4.78 is 14.4. The minimum atomic E-state index is -0.681. The van der Waals surface area contributed by atoms with Crippen molar-refractivity contribution in [2.24, 2.45) is 14.1 Å². The molecule has 0 fully saturated rings. The van der Waals surface area contributed by atoms with E-state index in [0.29, 0.717) is 18.0 Å². The Hall–Kier alpha value is -3.36. The molecule has 3 aromatic heterocycles. The smallest absolute Gasteiger partial charge is 0.374 e. The Morgan fingerprint density at radius 1 is 1.24 bits per heavy atom. The average molecular weight is 344 g/mol. The standard InChI is InChI=1S/C16H16N4O5/c1-18-11(8-14(21)19(2)16(18)23)10-24-15(22)13-5-4-12(25-13)9-20-7-3-6-17-20/h3-8H,9-10H2,1-2H3. The van der Waals surface area contributed by atoms with Gasteiger partial charge in [0.1, 0.15) is 12.4 Å². The Bertz CT molecular complexity index is 1010. The largest absolute Gasteiger partial charge is 0.453 e. The molecule has 0 saturated heterocycles. The maximum absolute atomic E-state index is 12.1. The molecule has 9 nitrogen and oxygen atoms in total. The van der Waals surface area contributed by atoms with Gasteiger partial charge in [0, 0.05) is 32.6 Å². The zero-order valence-corrected chi connectivity index (χ0v) is 13.7. The lowest BCUT2D eigenvalue weighted by Crippen LogP contribution is -2.38. The molecule has 0 N–H and O–H groups in total. The van der Waals surface area contributed by atoms with Gasteiger partial charge < -0.3 is 9.15 Å². The molecule has 0 saturated carbocycles. The summed E-state index contributed by atoms with van der Waals surface area (Å²) in [6.45, 7) is 0.180. The maximum atomic E-state index is 12.1. The van der Waals surface area contributed by atoms with Gasteiger partial charge in [0.2, 0.25) is 5.76 Å². The predicted octanol–water partition coefficient (Wildman–Crippen LogP) is 0.279. The van der Waals surface area contributed by atoms with Crippen molar-refractivity contribution in [3.05, 3.63) is 74.7 Å². The molecule has 25 heavy (non-hydrogen) atoms. The second-order valence-electron chi connectivity index (χ2n) is 5.42. The third-order valence-electron chi connectivity index (χ3n) is 3.72. The Balaban J connectivity index is 1.68. The third kappa shape index (κ3) is 3.44. The monoisotopic (exact) mass is 344 g/mol. The van der Waals surface area contributed by atoms with E-state index in [1.165, 1.54) is 30.8 Å². The molecule has 0 aliphatic rings. The van der Waals surface area contributed by atoms with Gasteiger partial charge in [-0.2, -0.15) is 5.10 Å². The minimum absolute atomic E-state index is 0.0380. The first-order chi connectivity index (χ1) is 12.0. The quantitative estimate of drug-likeness (QED) is 0.616. The number of nitrogens with zero attached hydrogens (tertiary/aromatic N) is 4. The highest BCUT2D eigenvalue weighted by atomic mass is 16.5. The van der Waals surface area contributed by atoms with Crippen LogP contribution in [0.3, 0.4) is 0 Å². The van der Waals surface area contributed by atoms with Crippen molar-refractivity contribution in [3.8, 4) is 0 Å². The van der Waals surface area contributed by atoms with Gasteiger partial charge in [-0.15, -0.1) is 0 Å². The van der Waals surface area contributed by atoms with Crippen molar-refractivity contribution in [3.63, 3.8) is 0 Å². The fourth-order valence-corrected chi connectivity index (χ4v) is 2.25. The number of furan rings is 1. The molecule has 9 heteroatoms. The second kappa shape index (κ2) is 6.63. The second-order valence-corrected chi connectivity index (χ2v) is 5.42. The Kier molecular flexibility index (Phi) is 4.38. The van der Waals surface area contributed by atoms with Crippen LogP contribution in [0.15, 0.2) is 50.7 Å². The first-order valence-corrected chi connectivity index (χ1v) is 7.45. The molecule has 0 unspecified atom stereocenters. The van der Waals surface area contributed by atoms with Crippen LogP contribution in [0.25, 0.3) is 0 Å². The summed E-state index contributed by atoms with van der Waals surface area (Å²) in [6, 6.07) is 6.20. The highest BCUT2D eigenvalue weighted by Crippen LogP contribution is 2.11. The molecule has 0 aliphatic heterocycles. The highest BCUT2D eigenvalue weighted by molar-refractivity contribution is 5.86. The minimum Gasteiger partial charge on any atom is -0.453 e. The van der Waals surface area contributed by atoms with Gasteiger partial charge in [0.05, 0.1) is 12.2 Å². The van der Waals surface area contributed by atoms with Gasteiger partial charge >= 0.3 is 11.7 Å². The van der Waals surface area contributed by atoms with Gasteiger partial charge in [-0.3, -0.25) is 18.6 Å². The average Bonchev–Trinajstić information content (AvgIpc) is 3.27. The normalized spacial score (nSPS) is 10.8. The number of ether oxygens (including phenoxy) is 1. The van der Waals surface area contributed by atoms with Crippen molar-refractivity contribution < 1.29 is 13.9 Å². The predicted molar refractivity (Wildman–Crippen MR) is 86.1 cm³/mol. The number of aromatic nitrogens is 4. The van der Waals surface area contributed by atoms with Crippen LogP contribution in [0.4, 0.5) is 0 Å². The Morgan fingerprint density at radius 3 is 2.76 bits per heavy atom. The van der Waals surface area contributed by atoms with E-state index in [4.69, 9.17) is 9.15 Å². The molecular formula is C16H16N4O5. The summed E-state index contributed by atoms with van der Waals surface area (Å²) in [7, 11) is 2.88. The van der Waals surface area contributed by atoms with Crippen LogP contribution < -0.4 is 11.2 Å². The van der Waals surface area contributed by atoms with Crippen LogP contribution in [0.5, 0.6) is 0 Å². The molecule has 3 rings (SSSR count). The molecule has 0 aliphatic carbocycles. The summed E-state index contributed by atoms with van der Waals surface area (Å²) >= 11 is 0. The van der Waals surface area contributed by atoms with Crippen LogP contribution in [-0.4, -0.2) is 24.9 Å². The van der Waals surface area contributed by atoms with Crippen LogP contribution in [0.2, 0.25) is 0 Å². The van der Waals surface area contributed by atoms with Gasteiger partial charge in [-0.05, 0) is 18.2 Å². The molecule has 3 aromatic rings. The highest BCUT2D eigenvalue weighted by Gasteiger charge is 2.15. The molecule has 130 valence electrons. The van der Waals surface area contributed by atoms with E-state index in [2.05, 4.69) is 5.10 Å². The SMILES string of the molecule is Cn1c(COC(=O)c2ccc(Cn3cccn3)o2)cc(=O)n(C)c1=O. The van der Waals surface area contributed by atoms with Crippen molar-refractivity contribution >= 4 is 5.97 Å². The fraction of sp³-hybridized carbons (Fsp3) is 0.250. The number of hydrogen-bond donors (Lipinski definition) is 0. The van der Waals surface area contributed by atoms with E-state index in [-0.39, 0.29) is 12.4 Å². The van der Waals surface area contributed by atoms with Crippen LogP contribution in [0.1, 0.15) is 22.0 Å². The number of esters is 1. The number of rotatable bonds is 5. The van der Waals surface area contributed by atoms with Crippen LogP contribution in [0, 0.1) is 0 Å². The van der Waals surface area contributed by atoms with E-state index in [9.17, 15) is 14.4 Å². The number of carbonyl (C=O) groups excluding carboxylic acids is 1. The molecule has 0 radical (unpaired) electrons.